The highest BCUT2D eigenvalue weighted by Crippen LogP contribution is 2.22. The highest BCUT2D eigenvalue weighted by atomic mass is 16.4. The van der Waals surface area contributed by atoms with Gasteiger partial charge >= 0.3 is 5.63 Å². The summed E-state index contributed by atoms with van der Waals surface area (Å²) in [4.78, 5) is 24.5. The van der Waals surface area contributed by atoms with Crippen LogP contribution in [0, 0.1) is 6.92 Å². The molecule has 0 aliphatic heterocycles. The van der Waals surface area contributed by atoms with Gasteiger partial charge in [-0.05, 0) is 48.2 Å². The van der Waals surface area contributed by atoms with E-state index in [0.717, 1.165) is 22.1 Å². The molecule has 4 aromatic rings. The third-order valence-electron chi connectivity index (χ3n) is 4.71. The Morgan fingerprint density at radius 1 is 0.929 bits per heavy atom. The second-order valence-corrected chi connectivity index (χ2v) is 6.73. The third kappa shape index (κ3) is 3.71. The largest absolute Gasteiger partial charge is 0.423 e. The molecule has 0 bridgehead atoms. The first-order valence-corrected chi connectivity index (χ1v) is 9.08. The number of anilines is 1. The molecule has 4 nitrogen and oxygen atoms in total. The highest BCUT2D eigenvalue weighted by molar-refractivity contribution is 6.06. The molecule has 0 aliphatic rings. The number of nitrogens with one attached hydrogen (secondary N) is 1. The summed E-state index contributed by atoms with van der Waals surface area (Å²) in [6, 6.07) is 24.4. The van der Waals surface area contributed by atoms with Crippen LogP contribution in [0.2, 0.25) is 0 Å². The van der Waals surface area contributed by atoms with Crippen LogP contribution < -0.4 is 10.9 Å². The molecule has 1 heterocycles. The number of carbonyl (C=O) groups is 1. The average molecular weight is 369 g/mol. The molecular weight excluding hydrogens is 350 g/mol. The van der Waals surface area contributed by atoms with Crippen LogP contribution in [-0.2, 0) is 6.42 Å². The molecule has 0 spiro atoms. The lowest BCUT2D eigenvalue weighted by Crippen LogP contribution is -2.14. The SMILES string of the molecule is Cc1cc(=O)oc2cc(NC(=O)c3ccccc3Cc3ccccc3)ccc12. The van der Waals surface area contributed by atoms with Gasteiger partial charge in [0.15, 0.2) is 0 Å². The molecule has 0 unspecified atom stereocenters. The minimum atomic E-state index is -0.401. The van der Waals surface area contributed by atoms with Crippen LogP contribution in [0.4, 0.5) is 5.69 Å². The minimum absolute atomic E-state index is 0.194. The van der Waals surface area contributed by atoms with E-state index >= 15 is 0 Å². The molecule has 1 N–H and O–H groups in total. The monoisotopic (exact) mass is 369 g/mol. The lowest BCUT2D eigenvalue weighted by atomic mass is 9.99. The number of rotatable bonds is 4. The molecular formula is C24H19NO3. The van der Waals surface area contributed by atoms with E-state index in [-0.39, 0.29) is 5.91 Å². The maximum Gasteiger partial charge on any atom is 0.336 e. The summed E-state index contributed by atoms with van der Waals surface area (Å²) in [5.41, 5.74) is 4.21. The third-order valence-corrected chi connectivity index (χ3v) is 4.71. The number of hydrogen-bond donors (Lipinski definition) is 1. The van der Waals surface area contributed by atoms with Crippen molar-refractivity contribution in [2.75, 3.05) is 5.32 Å². The van der Waals surface area contributed by atoms with Gasteiger partial charge < -0.3 is 9.73 Å². The zero-order chi connectivity index (χ0) is 19.5. The molecule has 28 heavy (non-hydrogen) atoms. The first-order chi connectivity index (χ1) is 13.6. The van der Waals surface area contributed by atoms with Crippen LogP contribution >= 0.6 is 0 Å². The standard InChI is InChI=1S/C24H19NO3/c1-16-13-23(26)28-22-15-19(11-12-20(16)22)25-24(27)21-10-6-5-9-18(21)14-17-7-3-2-4-8-17/h2-13,15H,14H2,1H3,(H,25,27). The normalized spacial score (nSPS) is 10.8. The van der Waals surface area contributed by atoms with Crippen molar-refractivity contribution in [1.82, 2.24) is 0 Å². The molecule has 0 fully saturated rings. The van der Waals surface area contributed by atoms with Gasteiger partial charge in [0.2, 0.25) is 0 Å². The summed E-state index contributed by atoms with van der Waals surface area (Å²) < 4.78 is 5.27. The molecule has 0 saturated heterocycles. The Labute approximate surface area is 162 Å². The first-order valence-electron chi connectivity index (χ1n) is 9.08. The maximum absolute atomic E-state index is 12.9. The first kappa shape index (κ1) is 17.7. The molecule has 0 aliphatic carbocycles. The van der Waals surface area contributed by atoms with Crippen molar-refractivity contribution in [2.24, 2.45) is 0 Å². The Balaban J connectivity index is 1.62. The van der Waals surface area contributed by atoms with Gasteiger partial charge in [0.05, 0.1) is 0 Å². The number of hydrogen-bond acceptors (Lipinski definition) is 3. The molecule has 4 heteroatoms. The Kier molecular flexibility index (Phi) is 4.77. The van der Waals surface area contributed by atoms with E-state index in [1.807, 2.05) is 73.7 Å². The van der Waals surface area contributed by atoms with Crippen LogP contribution in [0.1, 0.15) is 27.0 Å². The number of amides is 1. The van der Waals surface area contributed by atoms with E-state index in [9.17, 15) is 9.59 Å². The molecule has 0 saturated carbocycles. The van der Waals surface area contributed by atoms with Gasteiger partial charge in [-0.2, -0.15) is 0 Å². The van der Waals surface area contributed by atoms with Gasteiger partial charge in [0, 0.05) is 28.8 Å². The van der Waals surface area contributed by atoms with Crippen molar-refractivity contribution < 1.29 is 9.21 Å². The second-order valence-electron chi connectivity index (χ2n) is 6.73. The highest BCUT2D eigenvalue weighted by Gasteiger charge is 2.12. The summed E-state index contributed by atoms with van der Waals surface area (Å²) in [7, 11) is 0. The molecule has 0 radical (unpaired) electrons. The average Bonchev–Trinajstić information content (AvgIpc) is 2.68. The van der Waals surface area contributed by atoms with Crippen LogP contribution in [0.25, 0.3) is 11.0 Å². The van der Waals surface area contributed by atoms with Gasteiger partial charge in [-0.3, -0.25) is 4.79 Å². The van der Waals surface area contributed by atoms with Gasteiger partial charge in [-0.1, -0.05) is 48.5 Å². The van der Waals surface area contributed by atoms with Crippen molar-refractivity contribution in [2.45, 2.75) is 13.3 Å². The van der Waals surface area contributed by atoms with Crippen LogP contribution in [0.5, 0.6) is 0 Å². The summed E-state index contributed by atoms with van der Waals surface area (Å²) in [5.74, 6) is -0.194. The molecule has 138 valence electrons. The summed E-state index contributed by atoms with van der Waals surface area (Å²) >= 11 is 0. The topological polar surface area (TPSA) is 59.3 Å². The Morgan fingerprint density at radius 3 is 2.50 bits per heavy atom. The molecule has 1 aromatic heterocycles. The fraction of sp³-hybridized carbons (Fsp3) is 0.0833. The predicted octanol–water partition coefficient (Wildman–Crippen LogP) is 4.94. The maximum atomic E-state index is 12.9. The van der Waals surface area contributed by atoms with Crippen molar-refractivity contribution in [3.05, 3.63) is 112 Å². The van der Waals surface area contributed by atoms with Crippen LogP contribution in [0.3, 0.4) is 0 Å². The summed E-state index contributed by atoms with van der Waals surface area (Å²) in [6.45, 7) is 1.86. The van der Waals surface area contributed by atoms with E-state index in [2.05, 4.69) is 5.32 Å². The predicted molar refractivity (Wildman–Crippen MR) is 111 cm³/mol. The smallest absolute Gasteiger partial charge is 0.336 e. The van der Waals surface area contributed by atoms with Crippen LogP contribution in [0.15, 0.2) is 88.1 Å². The molecule has 0 atom stereocenters. The fourth-order valence-corrected chi connectivity index (χ4v) is 3.31. The lowest BCUT2D eigenvalue weighted by Gasteiger charge is -2.11. The van der Waals surface area contributed by atoms with Crippen molar-refractivity contribution in [1.29, 1.82) is 0 Å². The minimum Gasteiger partial charge on any atom is -0.423 e. The number of aryl methyl sites for hydroxylation is 1. The number of benzene rings is 3. The van der Waals surface area contributed by atoms with Crippen LogP contribution in [-0.4, -0.2) is 5.91 Å². The summed E-state index contributed by atoms with van der Waals surface area (Å²) in [6.07, 6.45) is 0.677. The Bertz CT molecular complexity index is 1210. The van der Waals surface area contributed by atoms with Gasteiger partial charge in [0.1, 0.15) is 5.58 Å². The Hall–Kier alpha value is -3.66. The van der Waals surface area contributed by atoms with E-state index in [1.165, 1.54) is 6.07 Å². The summed E-state index contributed by atoms with van der Waals surface area (Å²) in [5, 5.41) is 3.76. The van der Waals surface area contributed by atoms with E-state index in [4.69, 9.17) is 4.42 Å². The van der Waals surface area contributed by atoms with E-state index in [0.29, 0.717) is 23.3 Å². The van der Waals surface area contributed by atoms with Crippen molar-refractivity contribution in [3.8, 4) is 0 Å². The second kappa shape index (κ2) is 7.53. The van der Waals surface area contributed by atoms with E-state index in [1.54, 1.807) is 6.07 Å². The molecule has 4 rings (SSSR count). The molecule has 3 aromatic carbocycles. The number of fused-ring (bicyclic) bond motifs is 1. The van der Waals surface area contributed by atoms with Crippen molar-refractivity contribution in [3.63, 3.8) is 0 Å². The van der Waals surface area contributed by atoms with Crippen molar-refractivity contribution >= 4 is 22.6 Å². The van der Waals surface area contributed by atoms with Gasteiger partial charge in [-0.25, -0.2) is 4.79 Å². The Morgan fingerprint density at radius 2 is 1.68 bits per heavy atom. The quantitative estimate of drug-likeness (QED) is 0.518. The lowest BCUT2D eigenvalue weighted by molar-refractivity contribution is 0.102. The van der Waals surface area contributed by atoms with Gasteiger partial charge in [0.25, 0.3) is 5.91 Å². The number of carbonyl (C=O) groups excluding carboxylic acids is 1. The van der Waals surface area contributed by atoms with Gasteiger partial charge in [-0.15, -0.1) is 0 Å². The van der Waals surface area contributed by atoms with E-state index < -0.39 is 5.63 Å². The zero-order valence-corrected chi connectivity index (χ0v) is 15.4. The fourth-order valence-electron chi connectivity index (χ4n) is 3.31. The molecule has 1 amide bonds. The zero-order valence-electron chi connectivity index (χ0n) is 15.4.